The fraction of sp³-hybridized carbons (Fsp3) is 0.500. The molecular formula is C24H30O2. The van der Waals surface area contributed by atoms with Crippen molar-refractivity contribution < 1.29 is 9.59 Å². The predicted molar refractivity (Wildman–Crippen MR) is 106 cm³/mol. The van der Waals surface area contributed by atoms with Gasteiger partial charge in [-0.1, -0.05) is 29.8 Å². The first-order chi connectivity index (χ1) is 12.3. The molecule has 0 N–H and O–H groups in total. The minimum Gasteiger partial charge on any atom is -0.294 e. The SMILES string of the molecule is C=C(C)C1CCC(CC2=CC(=O)C(c3c(C)cc(C)cc3C)C2=O)CC1. The quantitative estimate of drug-likeness (QED) is 0.527. The third kappa shape index (κ3) is 3.60. The van der Waals surface area contributed by atoms with Crippen LogP contribution in [0.1, 0.15) is 67.2 Å². The summed E-state index contributed by atoms with van der Waals surface area (Å²) < 4.78 is 0. The Hall–Kier alpha value is -1.96. The number of benzene rings is 1. The van der Waals surface area contributed by atoms with Gasteiger partial charge in [-0.15, -0.1) is 0 Å². The lowest BCUT2D eigenvalue weighted by atomic mass is 9.76. The monoisotopic (exact) mass is 350 g/mol. The van der Waals surface area contributed by atoms with Gasteiger partial charge in [0.25, 0.3) is 0 Å². The van der Waals surface area contributed by atoms with Crippen LogP contribution in [-0.2, 0) is 9.59 Å². The van der Waals surface area contributed by atoms with Crippen molar-refractivity contribution in [3.05, 3.63) is 58.2 Å². The Morgan fingerprint density at radius 1 is 1.04 bits per heavy atom. The van der Waals surface area contributed by atoms with E-state index in [-0.39, 0.29) is 11.6 Å². The lowest BCUT2D eigenvalue weighted by Crippen LogP contribution is -2.20. The summed E-state index contributed by atoms with van der Waals surface area (Å²) in [6, 6.07) is 4.14. The molecule has 1 aromatic carbocycles. The van der Waals surface area contributed by atoms with Crippen molar-refractivity contribution in [2.75, 3.05) is 0 Å². The number of ketones is 2. The maximum atomic E-state index is 13.0. The molecule has 2 nitrogen and oxygen atoms in total. The van der Waals surface area contributed by atoms with Gasteiger partial charge in [0, 0.05) is 5.57 Å². The summed E-state index contributed by atoms with van der Waals surface area (Å²) in [6.07, 6.45) is 6.97. The minimum absolute atomic E-state index is 0.0318. The number of aryl methyl sites for hydroxylation is 3. The highest BCUT2D eigenvalue weighted by Gasteiger charge is 2.38. The number of hydrogen-bond donors (Lipinski definition) is 0. The molecule has 0 aliphatic heterocycles. The van der Waals surface area contributed by atoms with Crippen molar-refractivity contribution in [1.29, 1.82) is 0 Å². The number of carbonyl (C=O) groups is 2. The van der Waals surface area contributed by atoms with Gasteiger partial charge < -0.3 is 0 Å². The summed E-state index contributed by atoms with van der Waals surface area (Å²) >= 11 is 0. The van der Waals surface area contributed by atoms with Crippen LogP contribution in [0.2, 0.25) is 0 Å². The summed E-state index contributed by atoms with van der Waals surface area (Å²) in [5.74, 6) is 0.541. The molecule has 0 spiro atoms. The van der Waals surface area contributed by atoms with E-state index in [1.165, 1.54) is 11.1 Å². The van der Waals surface area contributed by atoms with Crippen molar-refractivity contribution >= 4 is 11.6 Å². The van der Waals surface area contributed by atoms with Crippen LogP contribution in [0, 0.1) is 32.6 Å². The Morgan fingerprint density at radius 3 is 2.15 bits per heavy atom. The summed E-state index contributed by atoms with van der Waals surface area (Å²) in [7, 11) is 0. The highest BCUT2D eigenvalue weighted by Crippen LogP contribution is 2.39. The Balaban J connectivity index is 1.73. The lowest BCUT2D eigenvalue weighted by Gasteiger charge is -2.29. The number of rotatable bonds is 4. The number of hydrogen-bond acceptors (Lipinski definition) is 2. The third-order valence-electron chi connectivity index (χ3n) is 6.26. The van der Waals surface area contributed by atoms with Crippen LogP contribution in [0.5, 0.6) is 0 Å². The van der Waals surface area contributed by atoms with Crippen LogP contribution in [0.15, 0.2) is 35.9 Å². The number of carbonyl (C=O) groups excluding carboxylic acids is 2. The second kappa shape index (κ2) is 7.34. The van der Waals surface area contributed by atoms with E-state index in [9.17, 15) is 9.59 Å². The largest absolute Gasteiger partial charge is 0.294 e. The zero-order chi connectivity index (χ0) is 19.0. The van der Waals surface area contributed by atoms with Gasteiger partial charge in [0.1, 0.15) is 5.92 Å². The van der Waals surface area contributed by atoms with Crippen molar-refractivity contribution in [1.82, 2.24) is 0 Å². The molecule has 2 aliphatic rings. The molecule has 1 saturated carbocycles. The van der Waals surface area contributed by atoms with Gasteiger partial charge in [0.2, 0.25) is 0 Å². The molecule has 0 amide bonds. The Kier molecular flexibility index (Phi) is 5.32. The molecule has 0 heterocycles. The molecule has 1 atom stereocenters. The summed E-state index contributed by atoms with van der Waals surface area (Å²) in [5.41, 5.74) is 6.21. The van der Waals surface area contributed by atoms with Crippen LogP contribution >= 0.6 is 0 Å². The second-order valence-corrected chi connectivity index (χ2v) is 8.45. The average molecular weight is 351 g/mol. The standard InChI is InChI=1S/C24H30O2/c1-14(2)19-8-6-18(7-9-19)12-20-13-21(25)23(24(20)26)22-16(4)10-15(3)11-17(22)5/h10-11,13,18-19,23H,1,6-9,12H2,2-5H3. The van der Waals surface area contributed by atoms with Crippen molar-refractivity contribution in [2.45, 2.75) is 65.7 Å². The maximum Gasteiger partial charge on any atom is 0.174 e. The van der Waals surface area contributed by atoms with E-state index in [0.717, 1.165) is 54.4 Å². The summed E-state index contributed by atoms with van der Waals surface area (Å²) in [5, 5.41) is 0. The van der Waals surface area contributed by atoms with Gasteiger partial charge in [0.15, 0.2) is 11.6 Å². The fourth-order valence-electron chi connectivity index (χ4n) is 4.89. The molecule has 0 saturated heterocycles. The molecular weight excluding hydrogens is 320 g/mol. The third-order valence-corrected chi connectivity index (χ3v) is 6.26. The van der Waals surface area contributed by atoms with Gasteiger partial charge in [-0.05, 0) is 94.4 Å². The highest BCUT2D eigenvalue weighted by molar-refractivity contribution is 6.25. The Morgan fingerprint density at radius 2 is 1.62 bits per heavy atom. The highest BCUT2D eigenvalue weighted by atomic mass is 16.2. The molecule has 0 radical (unpaired) electrons. The zero-order valence-electron chi connectivity index (χ0n) is 16.5. The van der Waals surface area contributed by atoms with Crippen LogP contribution in [0.3, 0.4) is 0 Å². The van der Waals surface area contributed by atoms with Crippen molar-refractivity contribution in [3.63, 3.8) is 0 Å². The van der Waals surface area contributed by atoms with Crippen LogP contribution in [-0.4, -0.2) is 11.6 Å². The van der Waals surface area contributed by atoms with Crippen molar-refractivity contribution in [2.24, 2.45) is 11.8 Å². The first kappa shape index (κ1) is 18.8. The normalized spacial score (nSPS) is 26.2. The molecule has 3 rings (SSSR count). The minimum atomic E-state index is -0.614. The van der Waals surface area contributed by atoms with E-state index in [4.69, 9.17) is 0 Å². The van der Waals surface area contributed by atoms with E-state index in [2.05, 4.69) is 25.6 Å². The van der Waals surface area contributed by atoms with Crippen molar-refractivity contribution in [3.8, 4) is 0 Å². The zero-order valence-corrected chi connectivity index (χ0v) is 16.5. The molecule has 2 aliphatic carbocycles. The van der Waals surface area contributed by atoms with Gasteiger partial charge in [-0.2, -0.15) is 0 Å². The molecule has 1 fully saturated rings. The first-order valence-corrected chi connectivity index (χ1v) is 9.79. The summed E-state index contributed by atoms with van der Waals surface area (Å²) in [4.78, 5) is 25.7. The first-order valence-electron chi connectivity index (χ1n) is 9.79. The van der Waals surface area contributed by atoms with E-state index < -0.39 is 5.92 Å². The molecule has 138 valence electrons. The number of allylic oxidation sites excluding steroid dienone is 3. The maximum absolute atomic E-state index is 13.0. The molecule has 1 unspecified atom stereocenters. The van der Waals surface area contributed by atoms with Crippen LogP contribution in [0.25, 0.3) is 0 Å². The number of Topliss-reactive ketones (excluding diaryl/α,β-unsaturated/α-hetero) is 1. The molecule has 0 bridgehead atoms. The Labute approximate surface area is 157 Å². The second-order valence-electron chi connectivity index (χ2n) is 8.45. The molecule has 26 heavy (non-hydrogen) atoms. The van der Waals surface area contributed by atoms with Gasteiger partial charge in [0.05, 0.1) is 0 Å². The van der Waals surface area contributed by atoms with Gasteiger partial charge >= 0.3 is 0 Å². The lowest BCUT2D eigenvalue weighted by molar-refractivity contribution is -0.123. The molecule has 1 aromatic rings. The predicted octanol–water partition coefficient (Wildman–Crippen LogP) is 5.55. The summed E-state index contributed by atoms with van der Waals surface area (Å²) in [6.45, 7) is 12.3. The Bertz CT molecular complexity index is 765. The fourth-order valence-corrected chi connectivity index (χ4v) is 4.89. The topological polar surface area (TPSA) is 34.1 Å². The van der Waals surface area contributed by atoms with Crippen LogP contribution < -0.4 is 0 Å². The van der Waals surface area contributed by atoms with E-state index in [0.29, 0.717) is 11.8 Å². The van der Waals surface area contributed by atoms with Gasteiger partial charge in [-0.3, -0.25) is 9.59 Å². The van der Waals surface area contributed by atoms with Gasteiger partial charge in [-0.25, -0.2) is 0 Å². The smallest absolute Gasteiger partial charge is 0.174 e. The molecule has 0 aromatic heterocycles. The molecule has 2 heteroatoms. The van der Waals surface area contributed by atoms with E-state index in [1.807, 2.05) is 20.8 Å². The van der Waals surface area contributed by atoms with Crippen LogP contribution in [0.4, 0.5) is 0 Å². The average Bonchev–Trinajstić information content (AvgIpc) is 2.82. The van der Waals surface area contributed by atoms with E-state index >= 15 is 0 Å². The van der Waals surface area contributed by atoms with E-state index in [1.54, 1.807) is 6.08 Å².